The van der Waals surface area contributed by atoms with Crippen LogP contribution in [0.15, 0.2) is 36.0 Å². The Balaban J connectivity index is 2.21. The number of fused-ring (bicyclic) bond motifs is 1. The highest BCUT2D eigenvalue weighted by atomic mass is 35.5. The Labute approximate surface area is 136 Å². The van der Waals surface area contributed by atoms with Gasteiger partial charge in [0.25, 0.3) is 0 Å². The fourth-order valence-electron chi connectivity index (χ4n) is 2.68. The van der Waals surface area contributed by atoms with Crippen molar-refractivity contribution in [3.63, 3.8) is 0 Å². The van der Waals surface area contributed by atoms with Crippen molar-refractivity contribution in [3.8, 4) is 0 Å². The minimum atomic E-state index is -0.705. The van der Waals surface area contributed by atoms with Gasteiger partial charge in [-0.25, -0.2) is 9.18 Å². The summed E-state index contributed by atoms with van der Waals surface area (Å²) in [6, 6.07) is 6.21. The van der Waals surface area contributed by atoms with Crippen molar-refractivity contribution in [1.29, 1.82) is 0 Å². The molecule has 6 heteroatoms. The number of rotatable bonds is 3. The maximum atomic E-state index is 14.3. The van der Waals surface area contributed by atoms with Gasteiger partial charge >= 0.3 is 5.97 Å². The molecule has 0 radical (unpaired) electrons. The van der Waals surface area contributed by atoms with E-state index in [-0.39, 0.29) is 34.8 Å². The van der Waals surface area contributed by atoms with E-state index in [1.165, 1.54) is 12.1 Å². The molecular weight excluding hydrogens is 321 g/mol. The number of halogens is 2. The number of hydrogen-bond donors (Lipinski definition) is 1. The zero-order chi connectivity index (χ0) is 16.6. The number of nitrogens with one attached hydrogen (secondary N) is 1. The maximum absolute atomic E-state index is 14.3. The third-order valence-electron chi connectivity index (χ3n) is 3.73. The van der Waals surface area contributed by atoms with Crippen LogP contribution in [0.3, 0.4) is 0 Å². The van der Waals surface area contributed by atoms with Gasteiger partial charge in [0.15, 0.2) is 0 Å². The lowest BCUT2D eigenvalue weighted by Gasteiger charge is -2.21. The van der Waals surface area contributed by atoms with Crippen LogP contribution in [0.5, 0.6) is 0 Å². The van der Waals surface area contributed by atoms with Gasteiger partial charge in [0, 0.05) is 29.4 Å². The Morgan fingerprint density at radius 2 is 2.17 bits per heavy atom. The summed E-state index contributed by atoms with van der Waals surface area (Å²) in [6.45, 7) is 1.81. The summed E-state index contributed by atoms with van der Waals surface area (Å²) in [5, 5.41) is -0.0537. The van der Waals surface area contributed by atoms with E-state index in [1.807, 2.05) is 0 Å². The van der Waals surface area contributed by atoms with Gasteiger partial charge in [0.1, 0.15) is 11.4 Å². The van der Waals surface area contributed by atoms with Crippen molar-refractivity contribution >= 4 is 28.9 Å². The first kappa shape index (κ1) is 15.5. The third-order valence-corrected chi connectivity index (χ3v) is 4.02. The van der Waals surface area contributed by atoms with E-state index < -0.39 is 17.6 Å². The maximum Gasteiger partial charge on any atom is 0.342 e. The van der Waals surface area contributed by atoms with Crippen molar-refractivity contribution < 1.29 is 18.7 Å². The van der Waals surface area contributed by atoms with Crippen molar-refractivity contribution in [1.82, 2.24) is 4.98 Å². The molecule has 1 heterocycles. The number of ether oxygens (including phenoxy) is 1. The van der Waals surface area contributed by atoms with Crippen LogP contribution in [0.1, 0.15) is 28.5 Å². The molecule has 1 aliphatic rings. The second-order valence-electron chi connectivity index (χ2n) is 5.05. The van der Waals surface area contributed by atoms with E-state index in [0.717, 1.165) is 0 Å². The van der Waals surface area contributed by atoms with Crippen LogP contribution in [0.4, 0.5) is 4.39 Å². The minimum absolute atomic E-state index is 0.0537. The van der Waals surface area contributed by atoms with Gasteiger partial charge < -0.3 is 9.72 Å². The van der Waals surface area contributed by atoms with Crippen LogP contribution in [-0.4, -0.2) is 23.3 Å². The van der Waals surface area contributed by atoms with E-state index in [4.69, 9.17) is 16.3 Å². The lowest BCUT2D eigenvalue weighted by Crippen LogP contribution is -2.24. The number of aromatic nitrogens is 1. The van der Waals surface area contributed by atoms with E-state index in [0.29, 0.717) is 11.3 Å². The van der Waals surface area contributed by atoms with Gasteiger partial charge in [-0.2, -0.15) is 0 Å². The first-order valence-electron chi connectivity index (χ1n) is 7.10. The summed E-state index contributed by atoms with van der Waals surface area (Å²) in [4.78, 5) is 27.9. The summed E-state index contributed by atoms with van der Waals surface area (Å²) >= 11 is 5.81. The molecule has 1 aromatic heterocycles. The standard InChI is InChI=1S/C17H13ClFNO3/c1-2-23-17(22)14-11(13-4-3-7-20-13)8-10-9(16(14)21)5-6-12(18)15(10)19/h3-7,20H,2,8H2,1H3. The van der Waals surface area contributed by atoms with Crippen LogP contribution in [0, 0.1) is 5.82 Å². The Morgan fingerprint density at radius 3 is 2.83 bits per heavy atom. The van der Waals surface area contributed by atoms with Gasteiger partial charge in [-0.15, -0.1) is 0 Å². The molecule has 0 saturated carbocycles. The molecule has 23 heavy (non-hydrogen) atoms. The van der Waals surface area contributed by atoms with Crippen LogP contribution in [0.2, 0.25) is 5.02 Å². The van der Waals surface area contributed by atoms with Crippen molar-refractivity contribution in [2.24, 2.45) is 0 Å². The van der Waals surface area contributed by atoms with Crippen molar-refractivity contribution in [3.05, 3.63) is 63.7 Å². The van der Waals surface area contributed by atoms with Crippen molar-refractivity contribution in [2.75, 3.05) is 6.61 Å². The molecule has 1 aliphatic carbocycles. The fraction of sp³-hybridized carbons (Fsp3) is 0.176. The average molecular weight is 334 g/mol. The molecule has 2 aromatic rings. The molecule has 4 nitrogen and oxygen atoms in total. The number of esters is 1. The number of benzene rings is 1. The molecular formula is C17H13ClFNO3. The molecule has 0 amide bonds. The smallest absolute Gasteiger partial charge is 0.342 e. The highest BCUT2D eigenvalue weighted by molar-refractivity contribution is 6.33. The van der Waals surface area contributed by atoms with Gasteiger partial charge in [-0.1, -0.05) is 11.6 Å². The second kappa shape index (κ2) is 6.01. The number of H-pyrrole nitrogens is 1. The lowest BCUT2D eigenvalue weighted by atomic mass is 9.83. The predicted molar refractivity (Wildman–Crippen MR) is 83.8 cm³/mol. The number of allylic oxidation sites excluding steroid dienone is 1. The Bertz CT molecular complexity index is 825. The highest BCUT2D eigenvalue weighted by Crippen LogP contribution is 2.35. The molecule has 0 aliphatic heterocycles. The molecule has 0 atom stereocenters. The molecule has 1 aromatic carbocycles. The number of hydrogen-bond acceptors (Lipinski definition) is 3. The molecule has 118 valence electrons. The van der Waals surface area contributed by atoms with Gasteiger partial charge in [0.2, 0.25) is 5.78 Å². The number of aromatic amines is 1. The molecule has 0 spiro atoms. The summed E-state index contributed by atoms with van der Waals surface area (Å²) in [5.41, 5.74) is 1.26. The fourth-order valence-corrected chi connectivity index (χ4v) is 2.86. The summed E-state index contributed by atoms with van der Waals surface area (Å²) in [6.07, 6.45) is 1.75. The zero-order valence-electron chi connectivity index (χ0n) is 12.3. The summed E-state index contributed by atoms with van der Waals surface area (Å²) in [5.74, 6) is -1.89. The quantitative estimate of drug-likeness (QED) is 0.690. The SMILES string of the molecule is CCOC(=O)C1=C(c2ccc[nH]2)Cc2c(ccc(Cl)c2F)C1=O. The first-order valence-corrected chi connectivity index (χ1v) is 7.48. The molecule has 0 bridgehead atoms. The highest BCUT2D eigenvalue weighted by Gasteiger charge is 2.34. The van der Waals surface area contributed by atoms with E-state index >= 15 is 0 Å². The van der Waals surface area contributed by atoms with Gasteiger partial charge in [-0.3, -0.25) is 4.79 Å². The summed E-state index contributed by atoms with van der Waals surface area (Å²) in [7, 11) is 0. The topological polar surface area (TPSA) is 59.2 Å². The van der Waals surface area contributed by atoms with Crippen LogP contribution >= 0.6 is 11.6 Å². The predicted octanol–water partition coefficient (Wildman–Crippen LogP) is 3.56. The van der Waals surface area contributed by atoms with E-state index in [1.54, 1.807) is 25.3 Å². The number of carbonyl (C=O) groups excluding carboxylic acids is 2. The Morgan fingerprint density at radius 1 is 1.39 bits per heavy atom. The monoisotopic (exact) mass is 333 g/mol. The average Bonchev–Trinajstić information content (AvgIpc) is 3.05. The molecule has 1 N–H and O–H groups in total. The Kier molecular flexibility index (Phi) is 4.05. The van der Waals surface area contributed by atoms with E-state index in [9.17, 15) is 14.0 Å². The van der Waals surface area contributed by atoms with Crippen LogP contribution < -0.4 is 0 Å². The van der Waals surface area contributed by atoms with E-state index in [2.05, 4.69) is 4.98 Å². The minimum Gasteiger partial charge on any atom is -0.462 e. The second-order valence-corrected chi connectivity index (χ2v) is 5.46. The normalized spacial score (nSPS) is 14.0. The Hall–Kier alpha value is -2.40. The zero-order valence-corrected chi connectivity index (χ0v) is 13.0. The number of carbonyl (C=O) groups is 2. The molecule has 0 fully saturated rings. The first-order chi connectivity index (χ1) is 11.0. The van der Waals surface area contributed by atoms with Crippen LogP contribution in [-0.2, 0) is 16.0 Å². The third kappa shape index (κ3) is 2.57. The largest absolute Gasteiger partial charge is 0.462 e. The van der Waals surface area contributed by atoms with Gasteiger partial charge in [0.05, 0.1) is 11.6 Å². The lowest BCUT2D eigenvalue weighted by molar-refractivity contribution is -0.138. The number of Topliss-reactive ketones (excluding diaryl/α,β-unsaturated/α-hetero) is 1. The molecule has 0 unspecified atom stereocenters. The molecule has 0 saturated heterocycles. The van der Waals surface area contributed by atoms with Gasteiger partial charge in [-0.05, 0) is 36.8 Å². The van der Waals surface area contributed by atoms with Crippen molar-refractivity contribution in [2.45, 2.75) is 13.3 Å². The number of ketones is 1. The molecule has 3 rings (SSSR count). The van der Waals surface area contributed by atoms with Crippen LogP contribution in [0.25, 0.3) is 5.57 Å². The summed E-state index contributed by atoms with van der Waals surface area (Å²) < 4.78 is 19.3.